The van der Waals surface area contributed by atoms with Gasteiger partial charge in [0.25, 0.3) is 5.91 Å². The first-order valence-corrected chi connectivity index (χ1v) is 5.20. The molecule has 82 valence electrons. The first-order valence-electron chi connectivity index (χ1n) is 5.20. The molecule has 0 radical (unpaired) electrons. The smallest absolute Gasteiger partial charge is 0.270 e. The molecule has 0 aromatic carbocycles. The van der Waals surface area contributed by atoms with Gasteiger partial charge in [-0.25, -0.2) is 4.98 Å². The van der Waals surface area contributed by atoms with E-state index < -0.39 is 0 Å². The molecule has 1 saturated carbocycles. The van der Waals surface area contributed by atoms with E-state index in [1.165, 1.54) is 6.20 Å². The van der Waals surface area contributed by atoms with Crippen molar-refractivity contribution in [3.8, 4) is 6.07 Å². The molecule has 4 nitrogen and oxygen atoms in total. The van der Waals surface area contributed by atoms with E-state index in [9.17, 15) is 4.79 Å². The fourth-order valence-electron chi connectivity index (χ4n) is 1.54. The maximum absolute atomic E-state index is 11.7. The second-order valence-corrected chi connectivity index (χ2v) is 4.76. The van der Waals surface area contributed by atoms with Gasteiger partial charge in [0.1, 0.15) is 11.8 Å². The molecule has 1 aliphatic rings. The van der Waals surface area contributed by atoms with Crippen LogP contribution >= 0.6 is 0 Å². The Morgan fingerprint density at radius 3 is 2.75 bits per heavy atom. The molecule has 0 saturated heterocycles. The Labute approximate surface area is 94.3 Å². The van der Waals surface area contributed by atoms with Crippen LogP contribution in [0.25, 0.3) is 0 Å². The molecule has 1 fully saturated rings. The van der Waals surface area contributed by atoms with E-state index in [-0.39, 0.29) is 17.4 Å². The van der Waals surface area contributed by atoms with Gasteiger partial charge in [-0.05, 0) is 24.0 Å². The zero-order valence-electron chi connectivity index (χ0n) is 9.32. The fourth-order valence-corrected chi connectivity index (χ4v) is 1.54. The van der Waals surface area contributed by atoms with Gasteiger partial charge in [0.05, 0.1) is 5.56 Å². The SMILES string of the molecule is CC1(C)CC1NC(=O)c1ccc(C#N)cn1. The molecular weight excluding hydrogens is 202 g/mol. The Hall–Kier alpha value is -1.89. The fraction of sp³-hybridized carbons (Fsp3) is 0.417. The van der Waals surface area contributed by atoms with Gasteiger partial charge < -0.3 is 5.32 Å². The van der Waals surface area contributed by atoms with Crippen molar-refractivity contribution >= 4 is 5.91 Å². The number of pyridine rings is 1. The summed E-state index contributed by atoms with van der Waals surface area (Å²) in [6, 6.07) is 5.38. The summed E-state index contributed by atoms with van der Waals surface area (Å²) >= 11 is 0. The molecule has 0 bridgehead atoms. The molecule has 4 heteroatoms. The van der Waals surface area contributed by atoms with Crippen molar-refractivity contribution in [1.82, 2.24) is 10.3 Å². The third kappa shape index (κ3) is 2.03. The topological polar surface area (TPSA) is 65.8 Å². The van der Waals surface area contributed by atoms with Crippen LogP contribution in [0.2, 0.25) is 0 Å². The summed E-state index contributed by atoms with van der Waals surface area (Å²) in [5.74, 6) is -0.167. The van der Waals surface area contributed by atoms with E-state index in [1.54, 1.807) is 12.1 Å². The van der Waals surface area contributed by atoms with Crippen LogP contribution in [0, 0.1) is 16.7 Å². The molecule has 1 aromatic rings. The van der Waals surface area contributed by atoms with Crippen LogP contribution in [-0.2, 0) is 0 Å². The quantitative estimate of drug-likeness (QED) is 0.812. The van der Waals surface area contributed by atoms with Gasteiger partial charge >= 0.3 is 0 Å². The van der Waals surface area contributed by atoms with Gasteiger partial charge in [0, 0.05) is 12.2 Å². The third-order valence-corrected chi connectivity index (χ3v) is 2.94. The van der Waals surface area contributed by atoms with Crippen LogP contribution in [-0.4, -0.2) is 16.9 Å². The largest absolute Gasteiger partial charge is 0.347 e. The second-order valence-electron chi connectivity index (χ2n) is 4.76. The Kier molecular flexibility index (Phi) is 2.39. The third-order valence-electron chi connectivity index (χ3n) is 2.94. The molecule has 1 N–H and O–H groups in total. The normalized spacial score (nSPS) is 20.9. The highest BCUT2D eigenvalue weighted by Gasteiger charge is 2.46. The first-order chi connectivity index (χ1) is 7.53. The van der Waals surface area contributed by atoms with Crippen molar-refractivity contribution in [1.29, 1.82) is 5.26 Å². The summed E-state index contributed by atoms with van der Waals surface area (Å²) in [4.78, 5) is 15.7. The zero-order valence-corrected chi connectivity index (χ0v) is 9.32. The molecule has 1 amide bonds. The van der Waals surface area contributed by atoms with Crippen molar-refractivity contribution in [3.63, 3.8) is 0 Å². The maximum Gasteiger partial charge on any atom is 0.270 e. The van der Waals surface area contributed by atoms with E-state index >= 15 is 0 Å². The predicted molar refractivity (Wildman–Crippen MR) is 58.6 cm³/mol. The average Bonchev–Trinajstić information content (AvgIpc) is 2.86. The highest BCUT2D eigenvalue weighted by molar-refractivity contribution is 5.92. The molecule has 2 rings (SSSR count). The number of nitriles is 1. The Morgan fingerprint density at radius 2 is 2.31 bits per heavy atom. The Morgan fingerprint density at radius 1 is 1.62 bits per heavy atom. The van der Waals surface area contributed by atoms with Crippen molar-refractivity contribution in [2.45, 2.75) is 26.3 Å². The number of carbonyl (C=O) groups excluding carboxylic acids is 1. The van der Waals surface area contributed by atoms with Crippen LogP contribution in [0.1, 0.15) is 36.3 Å². The molecule has 16 heavy (non-hydrogen) atoms. The van der Waals surface area contributed by atoms with Gasteiger partial charge in [-0.2, -0.15) is 5.26 Å². The minimum atomic E-state index is -0.167. The van der Waals surface area contributed by atoms with Gasteiger partial charge in [-0.1, -0.05) is 13.8 Å². The highest BCUT2D eigenvalue weighted by atomic mass is 16.2. The van der Waals surface area contributed by atoms with Crippen molar-refractivity contribution in [2.24, 2.45) is 5.41 Å². The van der Waals surface area contributed by atoms with Crippen molar-refractivity contribution < 1.29 is 4.79 Å². The Balaban J connectivity index is 2.02. The van der Waals surface area contributed by atoms with Gasteiger partial charge in [0.2, 0.25) is 0 Å². The minimum Gasteiger partial charge on any atom is -0.347 e. The summed E-state index contributed by atoms with van der Waals surface area (Å²) in [6.07, 6.45) is 2.42. The molecule has 1 heterocycles. The van der Waals surface area contributed by atoms with Crippen LogP contribution in [0.15, 0.2) is 18.3 Å². The van der Waals surface area contributed by atoms with Crippen LogP contribution < -0.4 is 5.32 Å². The standard InChI is InChI=1S/C12H13N3O/c1-12(2)5-10(12)15-11(16)9-4-3-8(6-13)7-14-9/h3-4,7,10H,5H2,1-2H3,(H,15,16). The first kappa shape index (κ1) is 10.6. The van der Waals surface area contributed by atoms with Gasteiger partial charge in [-0.15, -0.1) is 0 Å². The molecule has 1 aromatic heterocycles. The minimum absolute atomic E-state index is 0.167. The number of nitrogens with zero attached hydrogens (tertiary/aromatic N) is 2. The molecule has 0 spiro atoms. The summed E-state index contributed by atoms with van der Waals surface area (Å²) in [7, 11) is 0. The zero-order chi connectivity index (χ0) is 11.8. The van der Waals surface area contributed by atoms with E-state index in [1.807, 2.05) is 6.07 Å². The van der Waals surface area contributed by atoms with E-state index in [4.69, 9.17) is 5.26 Å². The van der Waals surface area contributed by atoms with Crippen LogP contribution in [0.3, 0.4) is 0 Å². The van der Waals surface area contributed by atoms with Gasteiger partial charge in [-0.3, -0.25) is 4.79 Å². The van der Waals surface area contributed by atoms with Crippen molar-refractivity contribution in [3.05, 3.63) is 29.6 Å². The van der Waals surface area contributed by atoms with Crippen molar-refractivity contribution in [2.75, 3.05) is 0 Å². The molecular formula is C12H13N3O. The number of amides is 1. The highest BCUT2D eigenvalue weighted by Crippen LogP contribution is 2.44. The molecule has 1 aliphatic carbocycles. The molecule has 1 atom stereocenters. The van der Waals surface area contributed by atoms with Crippen LogP contribution in [0.4, 0.5) is 0 Å². The second kappa shape index (κ2) is 3.60. The molecule has 1 unspecified atom stereocenters. The predicted octanol–water partition coefficient (Wildman–Crippen LogP) is 1.48. The lowest BCUT2D eigenvalue weighted by Crippen LogP contribution is -2.29. The maximum atomic E-state index is 11.7. The summed E-state index contributed by atoms with van der Waals surface area (Å²) in [5, 5.41) is 11.5. The number of carbonyl (C=O) groups is 1. The van der Waals surface area contributed by atoms with Gasteiger partial charge in [0.15, 0.2) is 0 Å². The Bertz CT molecular complexity index is 456. The number of hydrogen-bond acceptors (Lipinski definition) is 3. The summed E-state index contributed by atoms with van der Waals surface area (Å²) < 4.78 is 0. The monoisotopic (exact) mass is 215 g/mol. The molecule has 0 aliphatic heterocycles. The summed E-state index contributed by atoms with van der Waals surface area (Å²) in [6.45, 7) is 4.23. The average molecular weight is 215 g/mol. The van der Waals surface area contributed by atoms with Crippen LogP contribution in [0.5, 0.6) is 0 Å². The lowest BCUT2D eigenvalue weighted by Gasteiger charge is -2.05. The lowest BCUT2D eigenvalue weighted by atomic mass is 10.2. The number of hydrogen-bond donors (Lipinski definition) is 1. The van der Waals surface area contributed by atoms with E-state index in [0.29, 0.717) is 11.3 Å². The number of rotatable bonds is 2. The number of nitrogens with one attached hydrogen (secondary N) is 1. The summed E-state index contributed by atoms with van der Waals surface area (Å²) in [5.41, 5.74) is 1.03. The van der Waals surface area contributed by atoms with E-state index in [2.05, 4.69) is 24.1 Å². The number of aromatic nitrogens is 1. The lowest BCUT2D eigenvalue weighted by molar-refractivity contribution is 0.0941. The van der Waals surface area contributed by atoms with E-state index in [0.717, 1.165) is 6.42 Å².